The van der Waals surface area contributed by atoms with Crippen LogP contribution in [0, 0.1) is 0 Å². The predicted octanol–water partition coefficient (Wildman–Crippen LogP) is 3.81. The quantitative estimate of drug-likeness (QED) is 0.752. The minimum atomic E-state index is 0.472. The molecular formula is C9H11BrClN. The molecule has 1 rings (SSSR count). The highest BCUT2D eigenvalue weighted by molar-refractivity contribution is 9.10. The fourth-order valence-electron chi connectivity index (χ4n) is 0.937. The first kappa shape index (κ1) is 9.87. The van der Waals surface area contributed by atoms with Gasteiger partial charge in [0.1, 0.15) is 0 Å². The molecule has 0 bridgehead atoms. The molecular weight excluding hydrogens is 237 g/mol. The fourth-order valence-corrected chi connectivity index (χ4v) is 1.76. The fraction of sp³-hybridized carbons (Fsp3) is 0.333. The SMILES string of the molecule is CC(C)c1cc(Cl)c(N)c(Br)c1. The van der Waals surface area contributed by atoms with Gasteiger partial charge in [0.05, 0.1) is 10.7 Å². The molecule has 1 nitrogen and oxygen atoms in total. The third-order valence-electron chi connectivity index (χ3n) is 1.77. The molecule has 3 heteroatoms. The molecule has 0 aliphatic carbocycles. The third-order valence-corrected chi connectivity index (χ3v) is 2.74. The van der Waals surface area contributed by atoms with Crippen LogP contribution in [0.4, 0.5) is 5.69 Å². The lowest BCUT2D eigenvalue weighted by molar-refractivity contribution is 0.866. The van der Waals surface area contributed by atoms with Crippen molar-refractivity contribution >= 4 is 33.2 Å². The van der Waals surface area contributed by atoms with Crippen LogP contribution in [-0.4, -0.2) is 0 Å². The molecule has 0 aliphatic heterocycles. The van der Waals surface area contributed by atoms with Crippen molar-refractivity contribution in [1.82, 2.24) is 0 Å². The lowest BCUT2D eigenvalue weighted by Crippen LogP contribution is -1.93. The second kappa shape index (κ2) is 3.67. The zero-order chi connectivity index (χ0) is 9.30. The number of nitrogen functional groups attached to an aromatic ring is 1. The summed E-state index contributed by atoms with van der Waals surface area (Å²) in [5.41, 5.74) is 7.48. The van der Waals surface area contributed by atoms with Gasteiger partial charge in [0.25, 0.3) is 0 Å². The molecule has 0 aliphatic rings. The summed E-state index contributed by atoms with van der Waals surface area (Å²) in [7, 11) is 0. The van der Waals surface area contributed by atoms with E-state index in [2.05, 4.69) is 29.8 Å². The Kier molecular flexibility index (Phi) is 3.02. The smallest absolute Gasteiger partial charge is 0.0649 e. The first-order valence-electron chi connectivity index (χ1n) is 3.76. The van der Waals surface area contributed by atoms with Crippen LogP contribution in [0.15, 0.2) is 16.6 Å². The van der Waals surface area contributed by atoms with Gasteiger partial charge < -0.3 is 5.73 Å². The van der Waals surface area contributed by atoms with E-state index in [1.165, 1.54) is 5.56 Å². The van der Waals surface area contributed by atoms with Crippen molar-refractivity contribution in [2.45, 2.75) is 19.8 Å². The van der Waals surface area contributed by atoms with E-state index in [1.807, 2.05) is 12.1 Å². The Morgan fingerprint density at radius 3 is 2.42 bits per heavy atom. The van der Waals surface area contributed by atoms with E-state index < -0.39 is 0 Å². The van der Waals surface area contributed by atoms with Crippen LogP contribution >= 0.6 is 27.5 Å². The molecule has 0 amide bonds. The second-order valence-electron chi connectivity index (χ2n) is 3.05. The Balaban J connectivity index is 3.21. The van der Waals surface area contributed by atoms with E-state index in [-0.39, 0.29) is 0 Å². The summed E-state index contributed by atoms with van der Waals surface area (Å²) in [6, 6.07) is 3.91. The number of rotatable bonds is 1. The molecule has 0 radical (unpaired) electrons. The maximum Gasteiger partial charge on any atom is 0.0649 e. The lowest BCUT2D eigenvalue weighted by atomic mass is 10.0. The first-order chi connectivity index (χ1) is 5.52. The molecule has 0 spiro atoms. The molecule has 2 N–H and O–H groups in total. The van der Waals surface area contributed by atoms with Gasteiger partial charge >= 0.3 is 0 Å². The molecule has 0 heterocycles. The second-order valence-corrected chi connectivity index (χ2v) is 4.31. The van der Waals surface area contributed by atoms with Crippen molar-refractivity contribution in [2.24, 2.45) is 0 Å². The largest absolute Gasteiger partial charge is 0.397 e. The standard InChI is InChI=1S/C9H11BrClN/c1-5(2)6-3-7(10)9(12)8(11)4-6/h3-5H,12H2,1-2H3. The molecule has 1 aromatic carbocycles. The van der Waals surface area contributed by atoms with E-state index in [1.54, 1.807) is 0 Å². The normalized spacial score (nSPS) is 10.8. The molecule has 0 aromatic heterocycles. The van der Waals surface area contributed by atoms with Crippen molar-refractivity contribution in [3.8, 4) is 0 Å². The molecule has 0 fully saturated rings. The van der Waals surface area contributed by atoms with E-state index in [0.29, 0.717) is 16.6 Å². The van der Waals surface area contributed by atoms with Crippen LogP contribution in [0.2, 0.25) is 5.02 Å². The predicted molar refractivity (Wildman–Crippen MR) is 57.7 cm³/mol. The average molecular weight is 249 g/mol. The topological polar surface area (TPSA) is 26.0 Å². The van der Waals surface area contributed by atoms with Crippen LogP contribution < -0.4 is 5.73 Å². The van der Waals surface area contributed by atoms with Gasteiger partial charge in [-0.15, -0.1) is 0 Å². The summed E-state index contributed by atoms with van der Waals surface area (Å²) in [6.07, 6.45) is 0. The summed E-state index contributed by atoms with van der Waals surface area (Å²) < 4.78 is 0.874. The van der Waals surface area contributed by atoms with Crippen LogP contribution in [0.3, 0.4) is 0 Å². The number of hydrogen-bond donors (Lipinski definition) is 1. The van der Waals surface area contributed by atoms with Gasteiger partial charge in [0.15, 0.2) is 0 Å². The highest BCUT2D eigenvalue weighted by Gasteiger charge is 2.06. The summed E-state index contributed by atoms with van der Waals surface area (Å²) in [6.45, 7) is 4.24. The average Bonchev–Trinajstić information content (AvgIpc) is 1.99. The lowest BCUT2D eigenvalue weighted by Gasteiger charge is -2.08. The van der Waals surface area contributed by atoms with Crippen LogP contribution in [-0.2, 0) is 0 Å². The van der Waals surface area contributed by atoms with Crippen LogP contribution in [0.5, 0.6) is 0 Å². The van der Waals surface area contributed by atoms with Crippen LogP contribution in [0.25, 0.3) is 0 Å². The minimum absolute atomic E-state index is 0.472. The molecule has 12 heavy (non-hydrogen) atoms. The van der Waals surface area contributed by atoms with Crippen molar-refractivity contribution in [3.05, 3.63) is 27.2 Å². The maximum atomic E-state index is 5.91. The maximum absolute atomic E-state index is 5.91. The highest BCUT2D eigenvalue weighted by atomic mass is 79.9. The summed E-state index contributed by atoms with van der Waals surface area (Å²) >= 11 is 9.26. The Hall–Kier alpha value is -0.210. The van der Waals surface area contributed by atoms with Crippen molar-refractivity contribution < 1.29 is 0 Å². The Morgan fingerprint density at radius 1 is 1.42 bits per heavy atom. The van der Waals surface area contributed by atoms with Gasteiger partial charge in [-0.2, -0.15) is 0 Å². The van der Waals surface area contributed by atoms with Crippen molar-refractivity contribution in [2.75, 3.05) is 5.73 Å². The van der Waals surface area contributed by atoms with Gasteiger partial charge in [-0.1, -0.05) is 25.4 Å². The summed E-state index contributed by atoms with van der Waals surface area (Å²) in [4.78, 5) is 0. The molecule has 66 valence electrons. The summed E-state index contributed by atoms with van der Waals surface area (Å²) in [5, 5.41) is 0.619. The minimum Gasteiger partial charge on any atom is -0.397 e. The van der Waals surface area contributed by atoms with Gasteiger partial charge in [-0.25, -0.2) is 0 Å². The van der Waals surface area contributed by atoms with E-state index in [0.717, 1.165) is 4.47 Å². The molecule has 0 unspecified atom stereocenters. The van der Waals surface area contributed by atoms with Gasteiger partial charge in [0, 0.05) is 4.47 Å². The van der Waals surface area contributed by atoms with Gasteiger partial charge in [0.2, 0.25) is 0 Å². The van der Waals surface area contributed by atoms with Crippen molar-refractivity contribution in [3.63, 3.8) is 0 Å². The first-order valence-corrected chi connectivity index (χ1v) is 4.94. The monoisotopic (exact) mass is 247 g/mol. The summed E-state index contributed by atoms with van der Waals surface area (Å²) in [5.74, 6) is 0.472. The van der Waals surface area contributed by atoms with Gasteiger partial charge in [-0.3, -0.25) is 0 Å². The number of hydrogen-bond acceptors (Lipinski definition) is 1. The Bertz CT molecular complexity index is 274. The number of benzene rings is 1. The van der Waals surface area contributed by atoms with E-state index in [9.17, 15) is 0 Å². The molecule has 1 aromatic rings. The third kappa shape index (κ3) is 1.93. The molecule has 0 atom stereocenters. The number of nitrogens with two attached hydrogens (primary N) is 1. The van der Waals surface area contributed by atoms with E-state index in [4.69, 9.17) is 17.3 Å². The molecule has 0 saturated heterocycles. The zero-order valence-corrected chi connectivity index (χ0v) is 9.41. The van der Waals surface area contributed by atoms with Crippen LogP contribution in [0.1, 0.15) is 25.3 Å². The van der Waals surface area contributed by atoms with E-state index >= 15 is 0 Å². The highest BCUT2D eigenvalue weighted by Crippen LogP contribution is 2.31. The van der Waals surface area contributed by atoms with Gasteiger partial charge in [-0.05, 0) is 39.5 Å². The number of halogens is 2. The number of anilines is 1. The van der Waals surface area contributed by atoms with Crippen molar-refractivity contribution in [1.29, 1.82) is 0 Å². The molecule has 0 saturated carbocycles. The Labute approximate surface area is 86.0 Å². The zero-order valence-electron chi connectivity index (χ0n) is 7.07. The Morgan fingerprint density at radius 2 is 2.00 bits per heavy atom.